The lowest BCUT2D eigenvalue weighted by Crippen LogP contribution is -2.30. The predicted molar refractivity (Wildman–Crippen MR) is 362 cm³/mol. The monoisotopic (exact) mass is 1150 g/mol. The van der Waals surface area contributed by atoms with Gasteiger partial charge in [0.25, 0.3) is 0 Å². The highest BCUT2D eigenvalue weighted by Gasteiger charge is 2.19. The Hall–Kier alpha value is -4.45. The molecule has 0 saturated carbocycles. The molecule has 1 unspecified atom stereocenters. The summed E-state index contributed by atoms with van der Waals surface area (Å²) >= 11 is 0. The maximum atomic E-state index is 13.0. The molecule has 1 atom stereocenters. The van der Waals surface area contributed by atoms with E-state index in [-0.39, 0.29) is 37.5 Å². The van der Waals surface area contributed by atoms with E-state index in [0.717, 1.165) is 103 Å². The number of rotatable bonds is 62. The van der Waals surface area contributed by atoms with Crippen molar-refractivity contribution in [2.75, 3.05) is 13.2 Å². The smallest absolute Gasteiger partial charge is 0.306 e. The van der Waals surface area contributed by atoms with Crippen molar-refractivity contribution in [3.8, 4) is 0 Å². The molecule has 0 aliphatic heterocycles. The number of esters is 3. The first kappa shape index (κ1) is 78.5. The minimum Gasteiger partial charge on any atom is -0.462 e. The van der Waals surface area contributed by atoms with E-state index in [2.05, 4.69) is 154 Å². The number of hydrogen-bond acceptors (Lipinski definition) is 6. The second-order valence-electron chi connectivity index (χ2n) is 22.7. The molecule has 0 radical (unpaired) electrons. The molecule has 0 N–H and O–H groups in total. The fourth-order valence-electron chi connectivity index (χ4n) is 9.43. The number of carbonyl (C=O) groups is 3. The molecule has 0 aromatic rings. The van der Waals surface area contributed by atoms with Crippen LogP contribution in [0.2, 0.25) is 0 Å². The van der Waals surface area contributed by atoms with Crippen molar-refractivity contribution in [1.29, 1.82) is 0 Å². The Kier molecular flexibility index (Phi) is 66.3. The first-order valence-corrected chi connectivity index (χ1v) is 34.7. The standard InChI is InChI=1S/C77H128O6/c1-4-7-10-13-16-19-22-25-28-31-34-37-38-41-43-46-49-52-55-58-61-64-67-70-76(79)82-73-74(83-77(80)71-68-65-62-59-56-53-50-47-44-40-36-33-30-27-24-21-18-15-12-9-6-3)72-81-75(78)69-66-63-60-57-54-51-48-45-42-39-35-32-29-26-23-20-17-14-11-8-5-2/h7,10,16,19,23-28,32-37,41,43,49,52,58,61,74H,4-6,8-9,11-15,17-18,20-22,29-31,38-40,42,44-48,50-51,53-57,59-60,62-73H2,1-3H3/b10-7-,19-16-,26-23-,27-24-,28-25-,35-32-,36-33-,37-34-,43-41-,52-49-,61-58-. The second kappa shape index (κ2) is 70.0. The third-order valence-electron chi connectivity index (χ3n) is 14.6. The summed E-state index contributed by atoms with van der Waals surface area (Å²) in [6, 6.07) is 0. The van der Waals surface area contributed by atoms with E-state index in [9.17, 15) is 14.4 Å². The largest absolute Gasteiger partial charge is 0.462 e. The number of hydrogen-bond donors (Lipinski definition) is 0. The van der Waals surface area contributed by atoms with Gasteiger partial charge in [-0.15, -0.1) is 0 Å². The zero-order valence-corrected chi connectivity index (χ0v) is 54.2. The van der Waals surface area contributed by atoms with Crippen LogP contribution < -0.4 is 0 Å². The molecule has 0 aliphatic rings. The van der Waals surface area contributed by atoms with Crippen LogP contribution in [0.25, 0.3) is 0 Å². The van der Waals surface area contributed by atoms with E-state index < -0.39 is 6.10 Å². The van der Waals surface area contributed by atoms with Gasteiger partial charge < -0.3 is 14.2 Å². The van der Waals surface area contributed by atoms with Crippen LogP contribution in [0.5, 0.6) is 0 Å². The van der Waals surface area contributed by atoms with Gasteiger partial charge in [0.05, 0.1) is 0 Å². The Morgan fingerprint density at radius 2 is 0.482 bits per heavy atom. The third-order valence-corrected chi connectivity index (χ3v) is 14.6. The lowest BCUT2D eigenvalue weighted by atomic mass is 10.1. The Balaban J connectivity index is 4.51. The molecule has 6 nitrogen and oxygen atoms in total. The summed E-state index contributed by atoms with van der Waals surface area (Å²) in [5, 5.41) is 0. The summed E-state index contributed by atoms with van der Waals surface area (Å²) in [7, 11) is 0. The lowest BCUT2D eigenvalue weighted by molar-refractivity contribution is -0.167. The summed E-state index contributed by atoms with van der Waals surface area (Å²) in [5.74, 6) is -0.966. The SMILES string of the molecule is CC/C=C\C/C=C\C/C=C\C/C=C\C/C=C\C/C=C\C/C=C\CCCC(=O)OCC(COC(=O)CCCCCCCCCCC/C=C\C/C=C\CCCCCCC)OC(=O)CCCCCCCCCCC/C=C\C/C=C\CCCCCCC. The Labute approximate surface area is 513 Å². The first-order chi connectivity index (χ1) is 41.0. The number of allylic oxidation sites excluding steroid dienone is 22. The minimum absolute atomic E-state index is 0.103. The fraction of sp³-hybridized carbons (Fsp3) is 0.675. The first-order valence-electron chi connectivity index (χ1n) is 34.7. The molecule has 0 fully saturated rings. The van der Waals surface area contributed by atoms with Crippen molar-refractivity contribution < 1.29 is 28.6 Å². The van der Waals surface area contributed by atoms with Crippen LogP contribution in [-0.2, 0) is 28.6 Å². The molecule has 0 spiro atoms. The van der Waals surface area contributed by atoms with Crippen LogP contribution in [0.3, 0.4) is 0 Å². The highest BCUT2D eigenvalue weighted by atomic mass is 16.6. The summed E-state index contributed by atoms with van der Waals surface area (Å²) in [6.07, 6.45) is 98.9. The fourth-order valence-corrected chi connectivity index (χ4v) is 9.43. The Morgan fingerprint density at radius 3 is 0.783 bits per heavy atom. The molecule has 0 aliphatic carbocycles. The van der Waals surface area contributed by atoms with Gasteiger partial charge in [-0.3, -0.25) is 14.4 Å². The predicted octanol–water partition coefficient (Wildman–Crippen LogP) is 24.1. The second-order valence-corrected chi connectivity index (χ2v) is 22.7. The number of carbonyl (C=O) groups excluding carboxylic acids is 3. The van der Waals surface area contributed by atoms with E-state index >= 15 is 0 Å². The summed E-state index contributed by atoms with van der Waals surface area (Å²) < 4.78 is 16.9. The molecular weight excluding hydrogens is 1020 g/mol. The highest BCUT2D eigenvalue weighted by molar-refractivity contribution is 5.71. The van der Waals surface area contributed by atoms with Gasteiger partial charge in [0.1, 0.15) is 13.2 Å². The minimum atomic E-state index is -0.813. The van der Waals surface area contributed by atoms with E-state index in [1.807, 2.05) is 0 Å². The van der Waals surface area contributed by atoms with Crippen LogP contribution in [0.4, 0.5) is 0 Å². The van der Waals surface area contributed by atoms with Crippen LogP contribution in [0, 0.1) is 0 Å². The molecule has 0 saturated heterocycles. The molecule has 0 bridgehead atoms. The average Bonchev–Trinajstić information content (AvgIpc) is 3.49. The van der Waals surface area contributed by atoms with E-state index in [4.69, 9.17) is 14.2 Å². The van der Waals surface area contributed by atoms with Crippen LogP contribution in [0.1, 0.15) is 316 Å². The maximum Gasteiger partial charge on any atom is 0.306 e. The molecule has 0 amide bonds. The quantitative estimate of drug-likeness (QED) is 0.0261. The highest BCUT2D eigenvalue weighted by Crippen LogP contribution is 2.16. The molecule has 472 valence electrons. The van der Waals surface area contributed by atoms with Gasteiger partial charge in [0, 0.05) is 19.3 Å². The Morgan fingerprint density at radius 1 is 0.253 bits per heavy atom. The lowest BCUT2D eigenvalue weighted by Gasteiger charge is -2.18. The van der Waals surface area contributed by atoms with Crippen LogP contribution in [0.15, 0.2) is 134 Å². The molecule has 6 heteroatoms. The molecule has 0 rings (SSSR count). The third kappa shape index (κ3) is 68.2. The summed E-state index contributed by atoms with van der Waals surface area (Å²) in [5.41, 5.74) is 0. The normalized spacial score (nSPS) is 13.0. The molecule has 83 heavy (non-hydrogen) atoms. The van der Waals surface area contributed by atoms with Crippen molar-refractivity contribution in [1.82, 2.24) is 0 Å². The van der Waals surface area contributed by atoms with Gasteiger partial charge in [0.15, 0.2) is 6.10 Å². The Bertz CT molecular complexity index is 1750. The topological polar surface area (TPSA) is 78.9 Å². The van der Waals surface area contributed by atoms with Crippen LogP contribution >= 0.6 is 0 Å². The average molecular weight is 1150 g/mol. The van der Waals surface area contributed by atoms with E-state index in [1.165, 1.54) is 167 Å². The van der Waals surface area contributed by atoms with Crippen molar-refractivity contribution in [2.24, 2.45) is 0 Å². The zero-order valence-electron chi connectivity index (χ0n) is 54.2. The van der Waals surface area contributed by atoms with Gasteiger partial charge >= 0.3 is 17.9 Å². The number of ether oxygens (including phenoxy) is 3. The summed E-state index contributed by atoms with van der Waals surface area (Å²) in [6.45, 7) is 6.48. The zero-order chi connectivity index (χ0) is 59.9. The van der Waals surface area contributed by atoms with Gasteiger partial charge in [-0.1, -0.05) is 296 Å². The van der Waals surface area contributed by atoms with Crippen molar-refractivity contribution in [2.45, 2.75) is 322 Å². The van der Waals surface area contributed by atoms with Crippen molar-refractivity contribution in [3.05, 3.63) is 134 Å². The summed E-state index contributed by atoms with van der Waals surface area (Å²) in [4.78, 5) is 38.5. The maximum absolute atomic E-state index is 13.0. The van der Waals surface area contributed by atoms with Gasteiger partial charge in [0.2, 0.25) is 0 Å². The molecular formula is C77H128O6. The van der Waals surface area contributed by atoms with E-state index in [0.29, 0.717) is 19.3 Å². The molecule has 0 aromatic carbocycles. The molecule has 0 heterocycles. The van der Waals surface area contributed by atoms with Crippen molar-refractivity contribution in [3.63, 3.8) is 0 Å². The van der Waals surface area contributed by atoms with Gasteiger partial charge in [-0.05, 0) is 135 Å². The van der Waals surface area contributed by atoms with Crippen molar-refractivity contribution >= 4 is 17.9 Å². The van der Waals surface area contributed by atoms with E-state index in [1.54, 1.807) is 0 Å². The van der Waals surface area contributed by atoms with Gasteiger partial charge in [-0.2, -0.15) is 0 Å². The number of unbranched alkanes of at least 4 members (excludes halogenated alkanes) is 29. The molecule has 0 aromatic heterocycles. The van der Waals surface area contributed by atoms with Crippen LogP contribution in [-0.4, -0.2) is 37.2 Å². The van der Waals surface area contributed by atoms with Gasteiger partial charge in [-0.25, -0.2) is 0 Å².